The minimum absolute atomic E-state index is 0.0550. The van der Waals surface area contributed by atoms with Crippen LogP contribution in [0.3, 0.4) is 0 Å². The number of amides is 2. The van der Waals surface area contributed by atoms with Crippen molar-refractivity contribution in [2.75, 3.05) is 12.3 Å². The van der Waals surface area contributed by atoms with Crippen molar-refractivity contribution in [3.05, 3.63) is 18.2 Å². The van der Waals surface area contributed by atoms with Gasteiger partial charge < -0.3 is 20.7 Å². The van der Waals surface area contributed by atoms with E-state index < -0.39 is 18.0 Å². The van der Waals surface area contributed by atoms with E-state index in [1.165, 1.54) is 6.33 Å². The van der Waals surface area contributed by atoms with E-state index in [0.717, 1.165) is 18.6 Å². The Morgan fingerprint density at radius 3 is 3.00 bits per heavy atom. The van der Waals surface area contributed by atoms with Gasteiger partial charge in [-0.05, 0) is 25.5 Å². The number of carbonyl (C=O) groups excluding carboxylic acids is 1. The first-order chi connectivity index (χ1) is 9.98. The standard InChI is InChI=1S/C13H20N4O3S/c1-13(3-2-4-21-13)7-15-12(20)17-10(11(18)19)5-9-6-14-8-16-9/h6,8,10H,2-5,7H2,1H3,(H,14,16)(H,18,19)(H2,15,17,20)/t10-,13?/m1/s1. The van der Waals surface area contributed by atoms with Gasteiger partial charge in [-0.15, -0.1) is 0 Å². The first-order valence-electron chi connectivity index (χ1n) is 6.87. The molecule has 2 atom stereocenters. The maximum Gasteiger partial charge on any atom is 0.326 e. The highest BCUT2D eigenvalue weighted by Gasteiger charge is 2.30. The molecule has 4 N–H and O–H groups in total. The largest absolute Gasteiger partial charge is 0.480 e. The number of nitrogens with one attached hydrogen (secondary N) is 3. The van der Waals surface area contributed by atoms with Crippen LogP contribution in [-0.4, -0.2) is 50.2 Å². The van der Waals surface area contributed by atoms with Gasteiger partial charge in [-0.2, -0.15) is 11.8 Å². The molecule has 0 bridgehead atoms. The van der Waals surface area contributed by atoms with Gasteiger partial charge in [0.2, 0.25) is 0 Å². The van der Waals surface area contributed by atoms with Gasteiger partial charge in [-0.25, -0.2) is 14.6 Å². The van der Waals surface area contributed by atoms with Crippen LogP contribution in [-0.2, 0) is 11.2 Å². The summed E-state index contributed by atoms with van der Waals surface area (Å²) in [7, 11) is 0. The van der Waals surface area contributed by atoms with Crippen molar-refractivity contribution in [1.29, 1.82) is 0 Å². The molecule has 7 nitrogen and oxygen atoms in total. The van der Waals surface area contributed by atoms with E-state index in [1.807, 2.05) is 11.8 Å². The topological polar surface area (TPSA) is 107 Å². The maximum atomic E-state index is 11.9. The fourth-order valence-corrected chi connectivity index (χ4v) is 3.51. The van der Waals surface area contributed by atoms with E-state index in [9.17, 15) is 14.7 Å². The Bertz CT molecular complexity index is 486. The van der Waals surface area contributed by atoms with Crippen LogP contribution in [0.1, 0.15) is 25.5 Å². The molecular weight excluding hydrogens is 292 g/mol. The molecule has 116 valence electrons. The third-order valence-corrected chi connectivity index (χ3v) is 5.04. The Balaban J connectivity index is 1.82. The number of imidazole rings is 1. The minimum atomic E-state index is -1.07. The van der Waals surface area contributed by atoms with Gasteiger partial charge in [0.15, 0.2) is 0 Å². The van der Waals surface area contributed by atoms with Crippen LogP contribution >= 0.6 is 11.8 Å². The van der Waals surface area contributed by atoms with Gasteiger partial charge in [-0.3, -0.25) is 0 Å². The average molecular weight is 312 g/mol. The van der Waals surface area contributed by atoms with Crippen LogP contribution < -0.4 is 10.6 Å². The zero-order valence-corrected chi connectivity index (χ0v) is 12.7. The quantitative estimate of drug-likeness (QED) is 0.626. The Kier molecular flexibility index (Phi) is 5.11. The highest BCUT2D eigenvalue weighted by atomic mass is 32.2. The summed E-state index contributed by atoms with van der Waals surface area (Å²) in [6.45, 7) is 2.66. The van der Waals surface area contributed by atoms with Gasteiger partial charge in [0.05, 0.1) is 6.33 Å². The molecule has 1 unspecified atom stereocenters. The number of hydrogen-bond acceptors (Lipinski definition) is 4. The van der Waals surface area contributed by atoms with Crippen molar-refractivity contribution in [3.8, 4) is 0 Å². The van der Waals surface area contributed by atoms with E-state index in [1.54, 1.807) is 6.20 Å². The van der Waals surface area contributed by atoms with Crippen molar-refractivity contribution in [2.24, 2.45) is 0 Å². The number of rotatable bonds is 6. The smallest absolute Gasteiger partial charge is 0.326 e. The number of aromatic amines is 1. The van der Waals surface area contributed by atoms with Gasteiger partial charge >= 0.3 is 12.0 Å². The lowest BCUT2D eigenvalue weighted by Crippen LogP contribution is -2.49. The number of thioether (sulfide) groups is 1. The third kappa shape index (κ3) is 4.66. The fraction of sp³-hybridized carbons (Fsp3) is 0.615. The summed E-state index contributed by atoms with van der Waals surface area (Å²) < 4.78 is 0.0550. The summed E-state index contributed by atoms with van der Waals surface area (Å²) in [4.78, 5) is 29.7. The number of nitrogens with zero attached hydrogens (tertiary/aromatic N) is 1. The van der Waals surface area contributed by atoms with Crippen LogP contribution in [0.25, 0.3) is 0 Å². The number of hydrogen-bond donors (Lipinski definition) is 4. The molecule has 2 amide bonds. The van der Waals surface area contributed by atoms with Crippen molar-refractivity contribution in [3.63, 3.8) is 0 Å². The monoisotopic (exact) mass is 312 g/mol. The SMILES string of the molecule is CC1(CNC(=O)N[C@H](Cc2cnc[nH]2)C(=O)O)CCCS1. The molecule has 1 aliphatic heterocycles. The molecule has 0 aromatic carbocycles. The molecule has 1 fully saturated rings. The van der Waals surface area contributed by atoms with Crippen LogP contribution in [0.4, 0.5) is 4.79 Å². The van der Waals surface area contributed by atoms with Gasteiger partial charge in [-0.1, -0.05) is 0 Å². The second-order valence-electron chi connectivity index (χ2n) is 5.40. The highest BCUT2D eigenvalue weighted by molar-refractivity contribution is 8.00. The number of urea groups is 1. The Morgan fingerprint density at radius 2 is 2.43 bits per heavy atom. The zero-order chi connectivity index (χ0) is 15.3. The van der Waals surface area contributed by atoms with E-state index in [-0.39, 0.29) is 11.2 Å². The summed E-state index contributed by atoms with van der Waals surface area (Å²) >= 11 is 1.84. The molecule has 0 saturated carbocycles. The molecule has 2 rings (SSSR count). The number of carbonyl (C=O) groups is 2. The van der Waals surface area contributed by atoms with Crippen molar-refractivity contribution in [2.45, 2.75) is 37.0 Å². The Labute approximate surface area is 127 Å². The second-order valence-corrected chi connectivity index (χ2v) is 7.08. The Hall–Kier alpha value is -1.70. The molecule has 2 heterocycles. The molecule has 0 spiro atoms. The third-order valence-electron chi connectivity index (χ3n) is 3.51. The predicted octanol–water partition coefficient (Wildman–Crippen LogP) is 0.990. The van der Waals surface area contributed by atoms with E-state index >= 15 is 0 Å². The van der Waals surface area contributed by atoms with Gasteiger partial charge in [0.1, 0.15) is 6.04 Å². The first kappa shape index (κ1) is 15.7. The molecule has 1 aliphatic rings. The van der Waals surface area contributed by atoms with Crippen LogP contribution in [0, 0.1) is 0 Å². The molecule has 0 aliphatic carbocycles. The predicted molar refractivity (Wildman–Crippen MR) is 80.3 cm³/mol. The molecule has 1 aromatic rings. The van der Waals surface area contributed by atoms with Crippen LogP contribution in [0.15, 0.2) is 12.5 Å². The van der Waals surface area contributed by atoms with E-state index in [4.69, 9.17) is 0 Å². The van der Waals surface area contributed by atoms with Crippen LogP contribution in [0.5, 0.6) is 0 Å². The Morgan fingerprint density at radius 1 is 1.62 bits per heavy atom. The van der Waals surface area contributed by atoms with E-state index in [0.29, 0.717) is 12.2 Å². The lowest BCUT2D eigenvalue weighted by Gasteiger charge is -2.23. The van der Waals surface area contributed by atoms with Gasteiger partial charge in [0.25, 0.3) is 0 Å². The normalized spacial score (nSPS) is 22.7. The fourth-order valence-electron chi connectivity index (χ4n) is 2.27. The summed E-state index contributed by atoms with van der Waals surface area (Å²) in [5.41, 5.74) is 0.668. The summed E-state index contributed by atoms with van der Waals surface area (Å²) in [6.07, 6.45) is 5.42. The lowest BCUT2D eigenvalue weighted by molar-refractivity contribution is -0.139. The summed E-state index contributed by atoms with van der Waals surface area (Å²) in [5.74, 6) is 0.0402. The molecule has 8 heteroatoms. The molecule has 21 heavy (non-hydrogen) atoms. The van der Waals surface area contributed by atoms with Crippen molar-refractivity contribution >= 4 is 23.8 Å². The first-order valence-corrected chi connectivity index (χ1v) is 7.85. The average Bonchev–Trinajstić information content (AvgIpc) is 3.08. The maximum absolute atomic E-state index is 11.9. The molecular formula is C13H20N4O3S. The highest BCUT2D eigenvalue weighted by Crippen LogP contribution is 2.36. The number of carboxylic acids is 1. The number of H-pyrrole nitrogens is 1. The lowest BCUT2D eigenvalue weighted by atomic mass is 10.1. The minimum Gasteiger partial charge on any atom is -0.480 e. The van der Waals surface area contributed by atoms with Gasteiger partial charge in [0, 0.05) is 29.6 Å². The summed E-state index contributed by atoms with van der Waals surface area (Å²) in [6, 6.07) is -1.43. The number of aromatic nitrogens is 2. The second kappa shape index (κ2) is 6.84. The van der Waals surface area contributed by atoms with E-state index in [2.05, 4.69) is 27.5 Å². The zero-order valence-electron chi connectivity index (χ0n) is 11.9. The number of carboxylic acid groups (broad SMARTS) is 1. The van der Waals surface area contributed by atoms with Crippen LogP contribution in [0.2, 0.25) is 0 Å². The molecule has 1 aromatic heterocycles. The van der Waals surface area contributed by atoms with Crippen molar-refractivity contribution in [1.82, 2.24) is 20.6 Å². The van der Waals surface area contributed by atoms with Crippen molar-refractivity contribution < 1.29 is 14.7 Å². The molecule has 0 radical (unpaired) electrons. The number of aliphatic carboxylic acids is 1. The molecule has 1 saturated heterocycles. The summed E-state index contributed by atoms with van der Waals surface area (Å²) in [5, 5.41) is 14.4.